The Labute approximate surface area is 151 Å². The molecule has 4 rings (SSSR count). The SMILES string of the molecule is Cc1ccc2[nH]c(=O)c(CCNC(=O)c3n[nH]c4c3CCCC4)cc2c1. The van der Waals surface area contributed by atoms with Gasteiger partial charge in [0.1, 0.15) is 0 Å². The fraction of sp³-hybridized carbons (Fsp3) is 0.350. The predicted molar refractivity (Wildman–Crippen MR) is 101 cm³/mol. The number of amides is 1. The van der Waals surface area contributed by atoms with Gasteiger partial charge in [0, 0.05) is 28.9 Å². The van der Waals surface area contributed by atoms with Crippen LogP contribution in [0.4, 0.5) is 0 Å². The lowest BCUT2D eigenvalue weighted by molar-refractivity contribution is 0.0948. The van der Waals surface area contributed by atoms with E-state index < -0.39 is 0 Å². The maximum Gasteiger partial charge on any atom is 0.272 e. The number of H-pyrrole nitrogens is 2. The number of aryl methyl sites for hydroxylation is 2. The first-order chi connectivity index (χ1) is 12.6. The quantitative estimate of drug-likeness (QED) is 0.675. The van der Waals surface area contributed by atoms with Crippen molar-refractivity contribution in [3.05, 3.63) is 62.7 Å². The molecule has 1 aliphatic carbocycles. The van der Waals surface area contributed by atoms with Crippen LogP contribution in [-0.2, 0) is 19.3 Å². The van der Waals surface area contributed by atoms with E-state index in [1.807, 2.05) is 31.2 Å². The van der Waals surface area contributed by atoms with Crippen molar-refractivity contribution in [1.29, 1.82) is 0 Å². The minimum Gasteiger partial charge on any atom is -0.350 e. The zero-order valence-corrected chi connectivity index (χ0v) is 14.8. The Morgan fingerprint density at radius 2 is 2.08 bits per heavy atom. The summed E-state index contributed by atoms with van der Waals surface area (Å²) in [5.74, 6) is -0.169. The number of aromatic nitrogens is 3. The zero-order chi connectivity index (χ0) is 18.1. The van der Waals surface area contributed by atoms with Gasteiger partial charge >= 0.3 is 0 Å². The van der Waals surface area contributed by atoms with Gasteiger partial charge in [-0.1, -0.05) is 11.6 Å². The molecule has 0 radical (unpaired) electrons. The Morgan fingerprint density at radius 3 is 2.96 bits per heavy atom. The fourth-order valence-corrected chi connectivity index (χ4v) is 3.62. The third-order valence-corrected chi connectivity index (χ3v) is 5.03. The van der Waals surface area contributed by atoms with Crippen LogP contribution in [0.25, 0.3) is 10.9 Å². The second-order valence-electron chi connectivity index (χ2n) is 6.96. The molecule has 134 valence electrons. The van der Waals surface area contributed by atoms with E-state index in [-0.39, 0.29) is 11.5 Å². The molecule has 0 atom stereocenters. The van der Waals surface area contributed by atoms with Crippen molar-refractivity contribution in [3.8, 4) is 0 Å². The van der Waals surface area contributed by atoms with Crippen molar-refractivity contribution >= 4 is 16.8 Å². The number of aromatic amines is 2. The Hall–Kier alpha value is -2.89. The number of benzene rings is 1. The van der Waals surface area contributed by atoms with Crippen molar-refractivity contribution < 1.29 is 4.79 Å². The van der Waals surface area contributed by atoms with Crippen LogP contribution in [0.2, 0.25) is 0 Å². The standard InChI is InChI=1S/C20H22N4O2/c1-12-6-7-16-14(10-12)11-13(19(25)22-16)8-9-21-20(26)18-15-4-2-3-5-17(15)23-24-18/h6-7,10-11H,2-5,8-9H2,1H3,(H,21,26)(H,22,25)(H,23,24). The van der Waals surface area contributed by atoms with Gasteiger partial charge < -0.3 is 10.3 Å². The van der Waals surface area contributed by atoms with Crippen molar-refractivity contribution in [2.75, 3.05) is 6.54 Å². The molecule has 1 amide bonds. The Balaban J connectivity index is 1.45. The first-order valence-electron chi connectivity index (χ1n) is 9.09. The van der Waals surface area contributed by atoms with E-state index in [1.54, 1.807) is 0 Å². The number of carbonyl (C=O) groups is 1. The molecule has 0 saturated carbocycles. The number of carbonyl (C=O) groups excluding carboxylic acids is 1. The van der Waals surface area contributed by atoms with E-state index >= 15 is 0 Å². The summed E-state index contributed by atoms with van der Waals surface area (Å²) < 4.78 is 0. The summed E-state index contributed by atoms with van der Waals surface area (Å²) in [5, 5.41) is 11.1. The van der Waals surface area contributed by atoms with Crippen LogP contribution in [0, 0.1) is 6.92 Å². The van der Waals surface area contributed by atoms with Crippen molar-refractivity contribution in [2.45, 2.75) is 39.0 Å². The van der Waals surface area contributed by atoms with Crippen LogP contribution >= 0.6 is 0 Å². The van der Waals surface area contributed by atoms with Gasteiger partial charge in [0.2, 0.25) is 0 Å². The summed E-state index contributed by atoms with van der Waals surface area (Å²) in [6.45, 7) is 2.43. The molecular formula is C20H22N4O2. The lowest BCUT2D eigenvalue weighted by Gasteiger charge is -2.11. The minimum absolute atomic E-state index is 0.104. The molecule has 6 heteroatoms. The molecule has 1 aromatic carbocycles. The molecule has 0 unspecified atom stereocenters. The average molecular weight is 350 g/mol. The van der Waals surface area contributed by atoms with Crippen LogP contribution in [0.1, 0.15) is 45.7 Å². The first kappa shape index (κ1) is 16.6. The molecule has 1 aliphatic rings. The van der Waals surface area contributed by atoms with Crippen LogP contribution in [0.3, 0.4) is 0 Å². The van der Waals surface area contributed by atoms with Crippen LogP contribution < -0.4 is 10.9 Å². The molecule has 3 N–H and O–H groups in total. The highest BCUT2D eigenvalue weighted by atomic mass is 16.2. The second kappa shape index (κ2) is 6.78. The van der Waals surface area contributed by atoms with E-state index in [9.17, 15) is 9.59 Å². The maximum atomic E-state index is 12.4. The largest absolute Gasteiger partial charge is 0.350 e. The van der Waals surface area contributed by atoms with Crippen LogP contribution in [0.15, 0.2) is 29.1 Å². The van der Waals surface area contributed by atoms with Gasteiger partial charge in [-0.2, -0.15) is 5.10 Å². The van der Waals surface area contributed by atoms with Crippen LogP contribution in [0.5, 0.6) is 0 Å². The lowest BCUT2D eigenvalue weighted by atomic mass is 9.96. The van der Waals surface area contributed by atoms with E-state index in [0.717, 1.165) is 53.4 Å². The predicted octanol–water partition coefficient (Wildman–Crippen LogP) is 2.41. The molecule has 0 spiro atoms. The molecule has 0 aliphatic heterocycles. The summed E-state index contributed by atoms with van der Waals surface area (Å²) >= 11 is 0. The van der Waals surface area contributed by atoms with E-state index in [1.165, 1.54) is 0 Å². The Kier molecular flexibility index (Phi) is 4.32. The molecule has 2 heterocycles. The molecule has 0 bridgehead atoms. The van der Waals surface area contributed by atoms with Crippen molar-refractivity contribution in [1.82, 2.24) is 20.5 Å². The zero-order valence-electron chi connectivity index (χ0n) is 14.8. The van der Waals surface area contributed by atoms with Gasteiger partial charge in [0.15, 0.2) is 5.69 Å². The molecule has 0 saturated heterocycles. The lowest BCUT2D eigenvalue weighted by Crippen LogP contribution is -2.28. The summed E-state index contributed by atoms with van der Waals surface area (Å²) in [4.78, 5) is 27.6. The summed E-state index contributed by atoms with van der Waals surface area (Å²) in [6.07, 6.45) is 4.58. The highest BCUT2D eigenvalue weighted by Crippen LogP contribution is 2.22. The van der Waals surface area contributed by atoms with Gasteiger partial charge in [-0.05, 0) is 62.6 Å². The number of hydrogen-bond acceptors (Lipinski definition) is 3. The number of fused-ring (bicyclic) bond motifs is 2. The van der Waals surface area contributed by atoms with E-state index in [2.05, 4.69) is 20.5 Å². The molecule has 6 nitrogen and oxygen atoms in total. The molecule has 26 heavy (non-hydrogen) atoms. The first-order valence-corrected chi connectivity index (χ1v) is 9.09. The average Bonchev–Trinajstić information content (AvgIpc) is 3.06. The number of nitrogens with zero attached hydrogens (tertiary/aromatic N) is 1. The third-order valence-electron chi connectivity index (χ3n) is 5.03. The summed E-state index contributed by atoms with van der Waals surface area (Å²) in [6, 6.07) is 7.84. The van der Waals surface area contributed by atoms with E-state index in [4.69, 9.17) is 0 Å². The van der Waals surface area contributed by atoms with Gasteiger partial charge in [-0.15, -0.1) is 0 Å². The second-order valence-corrected chi connectivity index (χ2v) is 6.96. The maximum absolute atomic E-state index is 12.4. The molecule has 3 aromatic rings. The molecule has 2 aromatic heterocycles. The summed E-state index contributed by atoms with van der Waals surface area (Å²) in [7, 11) is 0. The highest BCUT2D eigenvalue weighted by molar-refractivity contribution is 5.94. The monoisotopic (exact) mass is 350 g/mol. The Bertz CT molecular complexity index is 1030. The van der Waals surface area contributed by atoms with Crippen LogP contribution in [-0.4, -0.2) is 27.6 Å². The molecule has 0 fully saturated rings. The number of hydrogen-bond donors (Lipinski definition) is 3. The number of pyridine rings is 1. The van der Waals surface area contributed by atoms with E-state index in [0.29, 0.717) is 24.2 Å². The fourth-order valence-electron chi connectivity index (χ4n) is 3.62. The minimum atomic E-state index is -0.169. The molecular weight excluding hydrogens is 328 g/mol. The normalized spacial score (nSPS) is 13.6. The van der Waals surface area contributed by atoms with Crippen molar-refractivity contribution in [2.24, 2.45) is 0 Å². The smallest absolute Gasteiger partial charge is 0.272 e. The Morgan fingerprint density at radius 1 is 1.23 bits per heavy atom. The van der Waals surface area contributed by atoms with Gasteiger partial charge in [0.05, 0.1) is 0 Å². The van der Waals surface area contributed by atoms with Gasteiger partial charge in [-0.3, -0.25) is 14.7 Å². The van der Waals surface area contributed by atoms with Gasteiger partial charge in [-0.25, -0.2) is 0 Å². The summed E-state index contributed by atoms with van der Waals surface area (Å²) in [5.41, 5.74) is 5.18. The third kappa shape index (κ3) is 3.14. The van der Waals surface area contributed by atoms with Crippen molar-refractivity contribution in [3.63, 3.8) is 0 Å². The highest BCUT2D eigenvalue weighted by Gasteiger charge is 2.21. The topological polar surface area (TPSA) is 90.6 Å². The van der Waals surface area contributed by atoms with Gasteiger partial charge in [0.25, 0.3) is 11.5 Å². The number of nitrogens with one attached hydrogen (secondary N) is 3. The number of rotatable bonds is 4.